The van der Waals surface area contributed by atoms with E-state index in [2.05, 4.69) is 17.2 Å². The predicted molar refractivity (Wildman–Crippen MR) is 48.8 cm³/mol. The Bertz CT molecular complexity index is 175. The molecule has 76 valence electrons. The topological polar surface area (TPSA) is 67.6 Å². The fourth-order valence-electron chi connectivity index (χ4n) is 1.50. The van der Waals surface area contributed by atoms with Crippen molar-refractivity contribution in [1.82, 2.24) is 10.3 Å². The van der Waals surface area contributed by atoms with Crippen molar-refractivity contribution in [1.29, 1.82) is 0 Å². The van der Waals surface area contributed by atoms with Crippen molar-refractivity contribution in [3.05, 3.63) is 0 Å². The SMILES string of the molecule is CCC1COCCN1CC(=O)NN. The van der Waals surface area contributed by atoms with E-state index in [1.54, 1.807) is 0 Å². The highest BCUT2D eigenvalue weighted by molar-refractivity contribution is 5.77. The molecule has 5 heteroatoms. The minimum atomic E-state index is -0.139. The summed E-state index contributed by atoms with van der Waals surface area (Å²) in [5, 5.41) is 0. The summed E-state index contributed by atoms with van der Waals surface area (Å²) in [7, 11) is 0. The summed E-state index contributed by atoms with van der Waals surface area (Å²) in [6.07, 6.45) is 0.998. The fourth-order valence-corrected chi connectivity index (χ4v) is 1.50. The third kappa shape index (κ3) is 2.95. The van der Waals surface area contributed by atoms with Crippen molar-refractivity contribution >= 4 is 5.91 Å². The van der Waals surface area contributed by atoms with Crippen molar-refractivity contribution in [3.8, 4) is 0 Å². The van der Waals surface area contributed by atoms with Gasteiger partial charge in [-0.1, -0.05) is 6.92 Å². The van der Waals surface area contributed by atoms with Crippen LogP contribution in [0.1, 0.15) is 13.3 Å². The molecule has 0 saturated carbocycles. The lowest BCUT2D eigenvalue weighted by Crippen LogP contribution is -2.50. The van der Waals surface area contributed by atoms with Gasteiger partial charge in [0.15, 0.2) is 0 Å². The molecular formula is C8H17N3O2. The Hall–Kier alpha value is -0.650. The second-order valence-corrected chi connectivity index (χ2v) is 3.17. The standard InChI is InChI=1S/C8H17N3O2/c1-2-7-6-13-4-3-11(7)5-8(12)10-9/h7H,2-6,9H2,1H3,(H,10,12). The van der Waals surface area contributed by atoms with E-state index in [0.29, 0.717) is 25.8 Å². The quantitative estimate of drug-likeness (QED) is 0.341. The van der Waals surface area contributed by atoms with Crippen molar-refractivity contribution < 1.29 is 9.53 Å². The van der Waals surface area contributed by atoms with Crippen LogP contribution in [0.25, 0.3) is 0 Å². The number of amides is 1. The number of carbonyl (C=O) groups is 1. The summed E-state index contributed by atoms with van der Waals surface area (Å²) in [6.45, 7) is 4.69. The Kier molecular flexibility index (Phi) is 4.14. The van der Waals surface area contributed by atoms with E-state index in [0.717, 1.165) is 13.0 Å². The maximum absolute atomic E-state index is 11.0. The molecule has 1 fully saturated rings. The highest BCUT2D eigenvalue weighted by atomic mass is 16.5. The van der Waals surface area contributed by atoms with Gasteiger partial charge in [-0.15, -0.1) is 0 Å². The van der Waals surface area contributed by atoms with Gasteiger partial charge in [0.1, 0.15) is 0 Å². The van der Waals surface area contributed by atoms with Crippen molar-refractivity contribution in [2.45, 2.75) is 19.4 Å². The van der Waals surface area contributed by atoms with E-state index in [1.165, 1.54) is 0 Å². The van der Waals surface area contributed by atoms with E-state index >= 15 is 0 Å². The van der Waals surface area contributed by atoms with Crippen molar-refractivity contribution in [2.75, 3.05) is 26.3 Å². The minimum absolute atomic E-state index is 0.139. The summed E-state index contributed by atoms with van der Waals surface area (Å²) in [4.78, 5) is 13.1. The highest BCUT2D eigenvalue weighted by Gasteiger charge is 2.22. The zero-order valence-electron chi connectivity index (χ0n) is 7.95. The number of nitrogens with zero attached hydrogens (tertiary/aromatic N) is 1. The molecule has 1 aliphatic heterocycles. The Morgan fingerprint density at radius 2 is 2.54 bits per heavy atom. The van der Waals surface area contributed by atoms with Crippen LogP contribution < -0.4 is 11.3 Å². The molecule has 1 amide bonds. The van der Waals surface area contributed by atoms with Gasteiger partial charge in [0.2, 0.25) is 5.91 Å². The molecule has 0 aliphatic carbocycles. The van der Waals surface area contributed by atoms with Crippen LogP contribution in [0, 0.1) is 0 Å². The number of rotatable bonds is 3. The average molecular weight is 187 g/mol. The van der Waals surface area contributed by atoms with E-state index < -0.39 is 0 Å². The maximum Gasteiger partial charge on any atom is 0.248 e. The van der Waals surface area contributed by atoms with Crippen LogP contribution in [0.15, 0.2) is 0 Å². The van der Waals surface area contributed by atoms with Gasteiger partial charge in [0, 0.05) is 12.6 Å². The number of nitrogens with two attached hydrogens (primary N) is 1. The Morgan fingerprint density at radius 1 is 1.77 bits per heavy atom. The fraction of sp³-hybridized carbons (Fsp3) is 0.875. The molecule has 0 aromatic rings. The number of hydrazine groups is 1. The van der Waals surface area contributed by atoms with Crippen molar-refractivity contribution in [2.24, 2.45) is 5.84 Å². The molecule has 1 rings (SSSR count). The first-order chi connectivity index (χ1) is 6.27. The van der Waals surface area contributed by atoms with Crippen LogP contribution in [0.2, 0.25) is 0 Å². The molecule has 0 spiro atoms. The number of hydrogen-bond acceptors (Lipinski definition) is 4. The molecular weight excluding hydrogens is 170 g/mol. The summed E-state index contributed by atoms with van der Waals surface area (Å²) >= 11 is 0. The zero-order valence-corrected chi connectivity index (χ0v) is 7.95. The number of hydrogen-bond donors (Lipinski definition) is 2. The first kappa shape index (κ1) is 10.4. The maximum atomic E-state index is 11.0. The minimum Gasteiger partial charge on any atom is -0.378 e. The van der Waals surface area contributed by atoms with Gasteiger partial charge in [-0.3, -0.25) is 15.1 Å². The molecule has 0 radical (unpaired) electrons. The monoisotopic (exact) mass is 187 g/mol. The molecule has 1 atom stereocenters. The summed E-state index contributed by atoms with van der Waals surface area (Å²) in [5.74, 6) is 4.88. The number of carbonyl (C=O) groups excluding carboxylic acids is 1. The van der Waals surface area contributed by atoms with Gasteiger partial charge in [0.05, 0.1) is 19.8 Å². The lowest BCUT2D eigenvalue weighted by atomic mass is 10.2. The van der Waals surface area contributed by atoms with Gasteiger partial charge in [-0.25, -0.2) is 5.84 Å². The van der Waals surface area contributed by atoms with Gasteiger partial charge in [-0.2, -0.15) is 0 Å². The normalized spacial score (nSPS) is 24.3. The summed E-state index contributed by atoms with van der Waals surface area (Å²) in [5.41, 5.74) is 2.14. The average Bonchev–Trinajstić information content (AvgIpc) is 2.18. The lowest BCUT2D eigenvalue weighted by Gasteiger charge is -2.34. The molecule has 1 unspecified atom stereocenters. The summed E-state index contributed by atoms with van der Waals surface area (Å²) in [6, 6.07) is 0.353. The molecule has 0 bridgehead atoms. The predicted octanol–water partition coefficient (Wildman–Crippen LogP) is -0.913. The Labute approximate surface area is 78.2 Å². The third-order valence-corrected chi connectivity index (χ3v) is 2.33. The molecule has 0 aromatic heterocycles. The molecule has 13 heavy (non-hydrogen) atoms. The summed E-state index contributed by atoms with van der Waals surface area (Å²) < 4.78 is 5.31. The first-order valence-corrected chi connectivity index (χ1v) is 4.59. The molecule has 0 aromatic carbocycles. The first-order valence-electron chi connectivity index (χ1n) is 4.59. The van der Waals surface area contributed by atoms with Crippen LogP contribution in [-0.2, 0) is 9.53 Å². The largest absolute Gasteiger partial charge is 0.378 e. The molecule has 3 N–H and O–H groups in total. The Morgan fingerprint density at radius 3 is 3.15 bits per heavy atom. The van der Waals surface area contributed by atoms with Crippen LogP contribution >= 0.6 is 0 Å². The Balaban J connectivity index is 2.40. The van der Waals surface area contributed by atoms with Gasteiger partial charge < -0.3 is 4.74 Å². The molecule has 1 aliphatic rings. The van der Waals surface area contributed by atoms with Crippen molar-refractivity contribution in [3.63, 3.8) is 0 Å². The highest BCUT2D eigenvalue weighted by Crippen LogP contribution is 2.08. The van der Waals surface area contributed by atoms with E-state index in [9.17, 15) is 4.79 Å². The van der Waals surface area contributed by atoms with Gasteiger partial charge >= 0.3 is 0 Å². The van der Waals surface area contributed by atoms with E-state index in [1.807, 2.05) is 0 Å². The van der Waals surface area contributed by atoms with Crippen LogP contribution in [0.5, 0.6) is 0 Å². The van der Waals surface area contributed by atoms with Crippen LogP contribution in [-0.4, -0.2) is 43.2 Å². The second-order valence-electron chi connectivity index (χ2n) is 3.17. The molecule has 1 saturated heterocycles. The van der Waals surface area contributed by atoms with Crippen LogP contribution in [0.4, 0.5) is 0 Å². The van der Waals surface area contributed by atoms with E-state index in [-0.39, 0.29) is 5.91 Å². The number of nitrogens with one attached hydrogen (secondary N) is 1. The van der Waals surface area contributed by atoms with Gasteiger partial charge in [-0.05, 0) is 6.42 Å². The molecule has 5 nitrogen and oxygen atoms in total. The smallest absolute Gasteiger partial charge is 0.248 e. The molecule has 1 heterocycles. The lowest BCUT2D eigenvalue weighted by molar-refractivity contribution is -0.124. The second kappa shape index (κ2) is 5.16. The third-order valence-electron chi connectivity index (χ3n) is 2.33. The van der Waals surface area contributed by atoms with E-state index in [4.69, 9.17) is 10.6 Å². The number of ether oxygens (including phenoxy) is 1. The number of morpholine rings is 1. The zero-order chi connectivity index (χ0) is 9.68. The van der Waals surface area contributed by atoms with Crippen LogP contribution in [0.3, 0.4) is 0 Å². The van der Waals surface area contributed by atoms with Gasteiger partial charge in [0.25, 0.3) is 0 Å².